The number of aryl methyl sites for hydroxylation is 1. The van der Waals surface area contributed by atoms with Gasteiger partial charge in [0.05, 0.1) is 10.6 Å². The molecule has 0 atom stereocenters. The summed E-state index contributed by atoms with van der Waals surface area (Å²) < 4.78 is 0. The predicted molar refractivity (Wildman–Crippen MR) is 67.4 cm³/mol. The fourth-order valence-corrected chi connectivity index (χ4v) is 2.46. The van der Waals surface area contributed by atoms with Gasteiger partial charge in [0.2, 0.25) is 0 Å². The maximum atomic E-state index is 5.73. The van der Waals surface area contributed by atoms with E-state index in [4.69, 9.17) is 5.73 Å². The fraction of sp³-hybridized carbons (Fsp3) is 0.333. The Morgan fingerprint density at radius 3 is 2.75 bits per heavy atom. The molecule has 2 aromatic rings. The van der Waals surface area contributed by atoms with E-state index in [9.17, 15) is 0 Å². The lowest BCUT2D eigenvalue weighted by Crippen LogP contribution is -2.09. The van der Waals surface area contributed by atoms with Gasteiger partial charge in [-0.15, -0.1) is 11.3 Å². The molecule has 3 nitrogen and oxygen atoms in total. The van der Waals surface area contributed by atoms with Crippen LogP contribution < -0.4 is 5.73 Å². The third-order valence-electron chi connectivity index (χ3n) is 2.59. The summed E-state index contributed by atoms with van der Waals surface area (Å²) in [4.78, 5) is 10.2. The first-order chi connectivity index (χ1) is 7.76. The second-order valence-corrected chi connectivity index (χ2v) is 4.54. The molecule has 16 heavy (non-hydrogen) atoms. The summed E-state index contributed by atoms with van der Waals surface area (Å²) in [5, 5.41) is 2.03. The lowest BCUT2D eigenvalue weighted by atomic mass is 10.1. The Morgan fingerprint density at radius 2 is 2.19 bits per heavy atom. The molecule has 0 aliphatic heterocycles. The molecule has 0 saturated carbocycles. The van der Waals surface area contributed by atoms with Crippen LogP contribution in [0.4, 0.5) is 0 Å². The molecule has 0 unspecified atom stereocenters. The summed E-state index contributed by atoms with van der Waals surface area (Å²) in [6.45, 7) is 4.61. The van der Waals surface area contributed by atoms with Crippen LogP contribution in [-0.4, -0.2) is 9.97 Å². The molecule has 0 radical (unpaired) electrons. The van der Waals surface area contributed by atoms with Crippen LogP contribution in [0.25, 0.3) is 10.7 Å². The van der Waals surface area contributed by atoms with Crippen LogP contribution >= 0.6 is 11.3 Å². The number of hydrogen-bond donors (Lipinski definition) is 1. The Hall–Kier alpha value is -1.26. The van der Waals surface area contributed by atoms with Crippen molar-refractivity contribution in [2.24, 2.45) is 5.73 Å². The zero-order valence-electron chi connectivity index (χ0n) is 9.53. The number of nitrogens with two attached hydrogens (primary N) is 1. The highest BCUT2D eigenvalue weighted by atomic mass is 32.1. The number of nitrogens with zero attached hydrogens (tertiary/aromatic N) is 2. The van der Waals surface area contributed by atoms with Crippen molar-refractivity contribution in [1.82, 2.24) is 9.97 Å². The van der Waals surface area contributed by atoms with E-state index in [1.807, 2.05) is 24.4 Å². The molecule has 2 heterocycles. The average molecular weight is 233 g/mol. The van der Waals surface area contributed by atoms with Crippen molar-refractivity contribution < 1.29 is 0 Å². The molecular formula is C12H15N3S. The Labute approximate surface area is 99.4 Å². The zero-order chi connectivity index (χ0) is 11.5. The van der Waals surface area contributed by atoms with Crippen LogP contribution in [-0.2, 0) is 13.0 Å². The van der Waals surface area contributed by atoms with E-state index in [0.717, 1.165) is 28.5 Å². The van der Waals surface area contributed by atoms with Gasteiger partial charge in [-0.1, -0.05) is 13.0 Å². The van der Waals surface area contributed by atoms with E-state index in [2.05, 4.69) is 16.9 Å². The first-order valence-corrected chi connectivity index (χ1v) is 6.24. The minimum atomic E-state index is 0.477. The van der Waals surface area contributed by atoms with Crippen molar-refractivity contribution in [3.8, 4) is 10.7 Å². The molecule has 0 aliphatic carbocycles. The highest BCUT2D eigenvalue weighted by Gasteiger charge is 2.10. The lowest BCUT2D eigenvalue weighted by Gasteiger charge is -2.09. The summed E-state index contributed by atoms with van der Waals surface area (Å²) in [5.74, 6) is 0.796. The third kappa shape index (κ3) is 1.99. The van der Waals surface area contributed by atoms with Crippen LogP contribution in [0.3, 0.4) is 0 Å². The van der Waals surface area contributed by atoms with Crippen LogP contribution in [0, 0.1) is 6.92 Å². The third-order valence-corrected chi connectivity index (χ3v) is 3.45. The molecule has 0 bridgehead atoms. The van der Waals surface area contributed by atoms with Gasteiger partial charge in [0.15, 0.2) is 5.82 Å². The molecule has 0 saturated heterocycles. The molecule has 4 heteroatoms. The Morgan fingerprint density at radius 1 is 1.38 bits per heavy atom. The number of hydrogen-bond acceptors (Lipinski definition) is 4. The monoisotopic (exact) mass is 233 g/mol. The Kier molecular flexibility index (Phi) is 3.31. The first-order valence-electron chi connectivity index (χ1n) is 5.36. The molecule has 0 fully saturated rings. The SMILES string of the molecule is CCc1c(C)nc(-c2cccs2)nc1CN. The summed E-state index contributed by atoms with van der Waals surface area (Å²) in [7, 11) is 0. The minimum Gasteiger partial charge on any atom is -0.325 e. The zero-order valence-corrected chi connectivity index (χ0v) is 10.3. The van der Waals surface area contributed by atoms with Crippen molar-refractivity contribution in [3.63, 3.8) is 0 Å². The van der Waals surface area contributed by atoms with E-state index >= 15 is 0 Å². The van der Waals surface area contributed by atoms with E-state index in [1.54, 1.807) is 11.3 Å². The second kappa shape index (κ2) is 4.72. The molecule has 2 rings (SSSR count). The highest BCUT2D eigenvalue weighted by Crippen LogP contribution is 2.23. The van der Waals surface area contributed by atoms with Crippen LogP contribution in [0.5, 0.6) is 0 Å². The smallest absolute Gasteiger partial charge is 0.169 e. The summed E-state index contributed by atoms with van der Waals surface area (Å²) in [5.41, 5.74) is 8.93. The number of rotatable bonds is 3. The van der Waals surface area contributed by atoms with E-state index < -0.39 is 0 Å². The molecule has 2 aromatic heterocycles. The molecule has 2 N–H and O–H groups in total. The van der Waals surface area contributed by atoms with Crippen LogP contribution in [0.15, 0.2) is 17.5 Å². The Bertz CT molecular complexity index is 477. The van der Waals surface area contributed by atoms with Crippen molar-refractivity contribution in [1.29, 1.82) is 0 Å². The molecule has 0 amide bonds. The lowest BCUT2D eigenvalue weighted by molar-refractivity contribution is 0.893. The van der Waals surface area contributed by atoms with Crippen LogP contribution in [0.1, 0.15) is 23.9 Å². The normalized spacial score (nSPS) is 10.7. The van der Waals surface area contributed by atoms with E-state index in [1.165, 1.54) is 5.56 Å². The first kappa shape index (κ1) is 11.2. The van der Waals surface area contributed by atoms with E-state index in [0.29, 0.717) is 6.54 Å². The minimum absolute atomic E-state index is 0.477. The summed E-state index contributed by atoms with van der Waals surface area (Å²) in [6, 6.07) is 4.04. The number of aromatic nitrogens is 2. The summed E-state index contributed by atoms with van der Waals surface area (Å²) >= 11 is 1.65. The second-order valence-electron chi connectivity index (χ2n) is 3.59. The van der Waals surface area contributed by atoms with Crippen molar-refractivity contribution >= 4 is 11.3 Å². The van der Waals surface area contributed by atoms with Gasteiger partial charge in [-0.25, -0.2) is 9.97 Å². The molecule has 0 aromatic carbocycles. The fourth-order valence-electron chi connectivity index (χ4n) is 1.80. The van der Waals surface area contributed by atoms with Gasteiger partial charge in [-0.3, -0.25) is 0 Å². The number of thiophene rings is 1. The molecular weight excluding hydrogens is 218 g/mol. The quantitative estimate of drug-likeness (QED) is 0.886. The predicted octanol–water partition coefficient (Wildman–Crippen LogP) is 2.53. The summed E-state index contributed by atoms with van der Waals surface area (Å²) in [6.07, 6.45) is 0.934. The van der Waals surface area contributed by atoms with Gasteiger partial charge < -0.3 is 5.73 Å². The Balaban J connectivity index is 2.54. The van der Waals surface area contributed by atoms with Gasteiger partial charge in [0, 0.05) is 12.2 Å². The standard InChI is InChI=1S/C12H15N3S/c1-3-9-8(2)14-12(15-10(9)7-13)11-5-4-6-16-11/h4-6H,3,7,13H2,1-2H3. The maximum Gasteiger partial charge on any atom is 0.169 e. The van der Waals surface area contributed by atoms with Gasteiger partial charge in [-0.05, 0) is 30.4 Å². The largest absolute Gasteiger partial charge is 0.325 e. The average Bonchev–Trinajstić information content (AvgIpc) is 2.81. The van der Waals surface area contributed by atoms with Crippen LogP contribution in [0.2, 0.25) is 0 Å². The van der Waals surface area contributed by atoms with Crippen molar-refractivity contribution in [2.75, 3.05) is 0 Å². The van der Waals surface area contributed by atoms with Gasteiger partial charge in [0.1, 0.15) is 0 Å². The van der Waals surface area contributed by atoms with Crippen molar-refractivity contribution in [3.05, 3.63) is 34.5 Å². The highest BCUT2D eigenvalue weighted by molar-refractivity contribution is 7.13. The maximum absolute atomic E-state index is 5.73. The molecule has 84 valence electrons. The van der Waals surface area contributed by atoms with E-state index in [-0.39, 0.29) is 0 Å². The van der Waals surface area contributed by atoms with Crippen molar-refractivity contribution in [2.45, 2.75) is 26.8 Å². The van der Waals surface area contributed by atoms with Gasteiger partial charge in [-0.2, -0.15) is 0 Å². The molecule has 0 aliphatic rings. The topological polar surface area (TPSA) is 51.8 Å². The van der Waals surface area contributed by atoms with Gasteiger partial charge in [0.25, 0.3) is 0 Å². The van der Waals surface area contributed by atoms with Gasteiger partial charge >= 0.3 is 0 Å². The molecule has 0 spiro atoms.